The Morgan fingerprint density at radius 2 is 1.85 bits per heavy atom. The highest BCUT2D eigenvalue weighted by Crippen LogP contribution is 2.27. The van der Waals surface area contributed by atoms with Crippen molar-refractivity contribution in [2.24, 2.45) is 0 Å². The van der Waals surface area contributed by atoms with Gasteiger partial charge in [0, 0.05) is 27.0 Å². The van der Waals surface area contributed by atoms with Gasteiger partial charge in [0.25, 0.3) is 0 Å². The van der Waals surface area contributed by atoms with Gasteiger partial charge in [-0.15, -0.1) is 11.3 Å². The van der Waals surface area contributed by atoms with E-state index in [1.165, 1.54) is 0 Å². The van der Waals surface area contributed by atoms with Gasteiger partial charge in [-0.25, -0.2) is 0 Å². The fraction of sp³-hybridized carbons (Fsp3) is 0.0625. The summed E-state index contributed by atoms with van der Waals surface area (Å²) in [6, 6.07) is 13.6. The minimum atomic E-state index is 0.0522. The van der Waals surface area contributed by atoms with Gasteiger partial charge in [-0.2, -0.15) is 0 Å². The van der Waals surface area contributed by atoms with E-state index in [4.69, 9.17) is 5.73 Å². The number of Topliss-reactive ketones (excluding diaryl/α,β-unsaturated/α-hetero) is 1. The van der Waals surface area contributed by atoms with Crippen molar-refractivity contribution in [1.29, 1.82) is 0 Å². The van der Waals surface area contributed by atoms with E-state index >= 15 is 0 Å². The molecule has 0 saturated carbocycles. The van der Waals surface area contributed by atoms with E-state index in [0.717, 1.165) is 20.1 Å². The van der Waals surface area contributed by atoms with E-state index in [9.17, 15) is 4.79 Å². The Labute approximate surface area is 129 Å². The fourth-order valence-electron chi connectivity index (χ4n) is 2.19. The van der Waals surface area contributed by atoms with Crippen LogP contribution < -0.4 is 5.73 Å². The number of nitrogen functional groups attached to an aromatic ring is 1. The van der Waals surface area contributed by atoms with Crippen LogP contribution in [0, 0.1) is 0 Å². The summed E-state index contributed by atoms with van der Waals surface area (Å²) in [6.45, 7) is 0. The van der Waals surface area contributed by atoms with Gasteiger partial charge in [-0.1, -0.05) is 24.3 Å². The number of thiophene rings is 1. The van der Waals surface area contributed by atoms with E-state index in [0.29, 0.717) is 17.7 Å². The lowest BCUT2D eigenvalue weighted by atomic mass is 10.0. The van der Waals surface area contributed by atoms with Crippen LogP contribution in [0.2, 0.25) is 0 Å². The molecule has 20 heavy (non-hydrogen) atoms. The van der Waals surface area contributed by atoms with Crippen LogP contribution in [0.25, 0.3) is 10.8 Å². The molecule has 100 valence electrons. The fourth-order valence-corrected chi connectivity index (χ4v) is 3.68. The van der Waals surface area contributed by atoms with Gasteiger partial charge < -0.3 is 5.73 Å². The average Bonchev–Trinajstić information content (AvgIpc) is 2.83. The van der Waals surface area contributed by atoms with Gasteiger partial charge >= 0.3 is 0 Å². The summed E-state index contributed by atoms with van der Waals surface area (Å²) in [7, 11) is 0. The molecule has 3 aromatic rings. The molecule has 0 fully saturated rings. The third-order valence-corrected chi connectivity index (χ3v) is 5.16. The Morgan fingerprint density at radius 3 is 2.50 bits per heavy atom. The standard InChI is InChI=1S/C16H12BrNOS/c17-13-5-6-20-16(13)9-15(19)12-7-10-3-1-2-4-11(10)8-14(12)18/h1-8H,9,18H2. The number of carbonyl (C=O) groups is 1. The van der Waals surface area contributed by atoms with Crippen LogP contribution in [0.4, 0.5) is 5.69 Å². The van der Waals surface area contributed by atoms with Crippen LogP contribution >= 0.6 is 27.3 Å². The second-order valence-corrected chi connectivity index (χ2v) is 6.43. The second-order valence-electron chi connectivity index (χ2n) is 4.58. The molecule has 1 aromatic heterocycles. The summed E-state index contributed by atoms with van der Waals surface area (Å²) in [5, 5.41) is 4.06. The van der Waals surface area contributed by atoms with E-state index in [1.807, 2.05) is 47.8 Å². The summed E-state index contributed by atoms with van der Waals surface area (Å²) < 4.78 is 0.982. The van der Waals surface area contributed by atoms with E-state index in [2.05, 4.69) is 15.9 Å². The van der Waals surface area contributed by atoms with Crippen molar-refractivity contribution >= 4 is 49.5 Å². The first-order valence-electron chi connectivity index (χ1n) is 6.18. The predicted molar refractivity (Wildman–Crippen MR) is 88.4 cm³/mol. The monoisotopic (exact) mass is 345 g/mol. The molecule has 2 aromatic carbocycles. The Hall–Kier alpha value is -1.65. The summed E-state index contributed by atoms with van der Waals surface area (Å²) in [5.41, 5.74) is 7.17. The van der Waals surface area contributed by atoms with Crippen molar-refractivity contribution in [3.63, 3.8) is 0 Å². The van der Waals surface area contributed by atoms with Crippen LogP contribution in [0.5, 0.6) is 0 Å². The highest BCUT2D eigenvalue weighted by atomic mass is 79.9. The summed E-state index contributed by atoms with van der Waals surface area (Å²) >= 11 is 5.03. The van der Waals surface area contributed by atoms with Crippen molar-refractivity contribution in [2.45, 2.75) is 6.42 Å². The van der Waals surface area contributed by atoms with Crippen molar-refractivity contribution in [3.8, 4) is 0 Å². The maximum Gasteiger partial charge on any atom is 0.170 e. The molecule has 0 saturated heterocycles. The quantitative estimate of drug-likeness (QED) is 0.553. The van der Waals surface area contributed by atoms with Crippen LogP contribution in [0.15, 0.2) is 52.3 Å². The number of hydrogen-bond donors (Lipinski definition) is 1. The Bertz CT molecular complexity index is 794. The van der Waals surface area contributed by atoms with Crippen LogP contribution in [0.1, 0.15) is 15.2 Å². The normalized spacial score (nSPS) is 10.8. The number of nitrogens with two attached hydrogens (primary N) is 1. The van der Waals surface area contributed by atoms with Gasteiger partial charge in [0.05, 0.1) is 0 Å². The molecule has 1 heterocycles. The molecule has 3 rings (SSSR count). The molecule has 0 atom stereocenters. The Morgan fingerprint density at radius 1 is 1.15 bits per heavy atom. The first-order valence-corrected chi connectivity index (χ1v) is 7.86. The van der Waals surface area contributed by atoms with Crippen LogP contribution in [-0.4, -0.2) is 5.78 Å². The largest absolute Gasteiger partial charge is 0.398 e. The SMILES string of the molecule is Nc1cc2ccccc2cc1C(=O)Cc1sccc1Br. The predicted octanol–water partition coefficient (Wildman–Crippen LogP) is 4.67. The second kappa shape index (κ2) is 5.38. The molecule has 0 bridgehead atoms. The number of carbonyl (C=O) groups excluding carboxylic acids is 1. The molecule has 0 aliphatic heterocycles. The Balaban J connectivity index is 1.99. The van der Waals surface area contributed by atoms with E-state index < -0.39 is 0 Å². The molecule has 2 N–H and O–H groups in total. The van der Waals surface area contributed by atoms with Gasteiger partial charge in [0.2, 0.25) is 0 Å². The smallest absolute Gasteiger partial charge is 0.170 e. The molecule has 0 unspecified atom stereocenters. The molecule has 0 radical (unpaired) electrons. The number of halogens is 1. The van der Waals surface area contributed by atoms with E-state index in [1.54, 1.807) is 11.3 Å². The van der Waals surface area contributed by atoms with Crippen molar-refractivity contribution in [1.82, 2.24) is 0 Å². The Kier molecular flexibility index (Phi) is 3.59. The zero-order valence-electron chi connectivity index (χ0n) is 10.6. The number of anilines is 1. The topological polar surface area (TPSA) is 43.1 Å². The number of benzene rings is 2. The average molecular weight is 346 g/mol. The minimum Gasteiger partial charge on any atom is -0.398 e. The van der Waals surface area contributed by atoms with Crippen LogP contribution in [-0.2, 0) is 6.42 Å². The lowest BCUT2D eigenvalue weighted by Crippen LogP contribution is -2.06. The molecule has 0 aliphatic rings. The first-order chi connectivity index (χ1) is 9.65. The van der Waals surface area contributed by atoms with Gasteiger partial charge in [0.1, 0.15) is 0 Å². The van der Waals surface area contributed by atoms with Crippen molar-refractivity contribution in [2.75, 3.05) is 5.73 Å². The highest BCUT2D eigenvalue weighted by molar-refractivity contribution is 9.10. The zero-order chi connectivity index (χ0) is 14.1. The van der Waals surface area contributed by atoms with Crippen molar-refractivity contribution in [3.05, 3.63) is 62.8 Å². The van der Waals surface area contributed by atoms with E-state index in [-0.39, 0.29) is 5.78 Å². The maximum atomic E-state index is 12.4. The highest BCUT2D eigenvalue weighted by Gasteiger charge is 2.14. The molecular formula is C16H12BrNOS. The molecular weight excluding hydrogens is 334 g/mol. The van der Waals surface area contributed by atoms with Gasteiger partial charge in [0.15, 0.2) is 5.78 Å². The lowest BCUT2D eigenvalue weighted by Gasteiger charge is -2.07. The van der Waals surface area contributed by atoms with Gasteiger partial charge in [-0.3, -0.25) is 4.79 Å². The minimum absolute atomic E-state index is 0.0522. The van der Waals surface area contributed by atoms with Gasteiger partial charge in [-0.05, 0) is 50.3 Å². The third kappa shape index (κ3) is 2.49. The molecule has 4 heteroatoms. The zero-order valence-corrected chi connectivity index (χ0v) is 13.0. The molecule has 0 aliphatic carbocycles. The number of rotatable bonds is 3. The maximum absolute atomic E-state index is 12.4. The number of hydrogen-bond acceptors (Lipinski definition) is 3. The molecule has 0 amide bonds. The first kappa shape index (κ1) is 13.3. The molecule has 2 nitrogen and oxygen atoms in total. The van der Waals surface area contributed by atoms with Crippen LogP contribution in [0.3, 0.4) is 0 Å². The third-order valence-electron chi connectivity index (χ3n) is 3.23. The number of fused-ring (bicyclic) bond motifs is 1. The lowest BCUT2D eigenvalue weighted by molar-refractivity contribution is 0.0994. The number of ketones is 1. The summed E-state index contributed by atoms with van der Waals surface area (Å²) in [4.78, 5) is 13.5. The van der Waals surface area contributed by atoms with Crippen molar-refractivity contribution < 1.29 is 4.79 Å². The summed E-state index contributed by atoms with van der Waals surface area (Å²) in [6.07, 6.45) is 0.376. The molecule has 0 spiro atoms. The summed E-state index contributed by atoms with van der Waals surface area (Å²) in [5.74, 6) is 0.0522.